The zero-order chi connectivity index (χ0) is 12.5. The second-order valence-electron chi connectivity index (χ2n) is 4.81. The van der Waals surface area contributed by atoms with Gasteiger partial charge in [0.05, 0.1) is 0 Å². The molecular weight excluding hydrogens is 228 g/mol. The lowest BCUT2D eigenvalue weighted by Crippen LogP contribution is -2.45. The molecule has 1 unspecified atom stereocenters. The number of aryl methyl sites for hydroxylation is 1. The zero-order valence-electron chi connectivity index (χ0n) is 10.6. The van der Waals surface area contributed by atoms with E-state index in [9.17, 15) is 0 Å². The van der Waals surface area contributed by atoms with Gasteiger partial charge in [0.1, 0.15) is 12.1 Å². The highest BCUT2D eigenvalue weighted by Crippen LogP contribution is 2.24. The Hall–Kier alpha value is -1.69. The number of piperidine rings is 1. The fourth-order valence-electron chi connectivity index (χ4n) is 2.66. The Morgan fingerprint density at radius 1 is 1.44 bits per heavy atom. The van der Waals surface area contributed by atoms with Gasteiger partial charge in [0.2, 0.25) is 0 Å². The molecule has 0 saturated carbocycles. The van der Waals surface area contributed by atoms with Gasteiger partial charge in [-0.1, -0.05) is 0 Å². The molecule has 3 heterocycles. The van der Waals surface area contributed by atoms with Gasteiger partial charge in [-0.25, -0.2) is 4.98 Å². The smallest absolute Gasteiger partial charge is 0.254 e. The molecule has 0 spiro atoms. The lowest BCUT2D eigenvalue weighted by Gasteiger charge is -2.36. The van der Waals surface area contributed by atoms with Crippen molar-refractivity contribution in [3.05, 3.63) is 18.1 Å². The number of nitrogens with zero attached hydrogens (tertiary/aromatic N) is 5. The van der Waals surface area contributed by atoms with Crippen molar-refractivity contribution in [3.63, 3.8) is 0 Å². The Bertz CT molecular complexity index is 548. The van der Waals surface area contributed by atoms with Gasteiger partial charge in [-0.15, -0.1) is 0 Å². The molecule has 1 saturated heterocycles. The molecule has 0 amide bonds. The fraction of sp³-hybridized carbons (Fsp3) is 0.583. The monoisotopic (exact) mass is 246 g/mol. The van der Waals surface area contributed by atoms with Crippen molar-refractivity contribution in [2.45, 2.75) is 32.2 Å². The second-order valence-corrected chi connectivity index (χ2v) is 4.81. The van der Waals surface area contributed by atoms with Crippen LogP contribution in [-0.4, -0.2) is 38.7 Å². The van der Waals surface area contributed by atoms with E-state index in [2.05, 4.69) is 26.0 Å². The molecule has 1 aliphatic rings. The number of hydrogen-bond donors (Lipinski definition) is 1. The van der Waals surface area contributed by atoms with Crippen molar-refractivity contribution >= 4 is 11.6 Å². The van der Waals surface area contributed by atoms with Crippen LogP contribution in [-0.2, 0) is 0 Å². The number of rotatable bonds is 2. The van der Waals surface area contributed by atoms with Gasteiger partial charge in [0.15, 0.2) is 0 Å². The average Bonchev–Trinajstić information content (AvgIpc) is 2.85. The first kappa shape index (κ1) is 11.4. The summed E-state index contributed by atoms with van der Waals surface area (Å²) < 4.78 is 1.81. The van der Waals surface area contributed by atoms with Gasteiger partial charge in [0, 0.05) is 30.9 Å². The summed E-state index contributed by atoms with van der Waals surface area (Å²) in [6.07, 6.45) is 5.15. The number of hydrogen-bond acceptors (Lipinski definition) is 5. The maximum Gasteiger partial charge on any atom is 0.254 e. The fourth-order valence-corrected chi connectivity index (χ4v) is 2.66. The lowest BCUT2D eigenvalue weighted by molar-refractivity contribution is 0.459. The van der Waals surface area contributed by atoms with E-state index < -0.39 is 0 Å². The molecular formula is C12H18N6. The van der Waals surface area contributed by atoms with E-state index in [0.29, 0.717) is 18.4 Å². The molecule has 3 rings (SSSR count). The van der Waals surface area contributed by atoms with E-state index in [1.807, 2.05) is 6.92 Å². The summed E-state index contributed by atoms with van der Waals surface area (Å²) in [5, 5.41) is 4.26. The molecule has 0 radical (unpaired) electrons. The normalized spacial score (nSPS) is 20.6. The van der Waals surface area contributed by atoms with Crippen LogP contribution in [0.25, 0.3) is 5.78 Å². The first-order valence-corrected chi connectivity index (χ1v) is 6.43. The van der Waals surface area contributed by atoms with Crippen LogP contribution in [0.3, 0.4) is 0 Å². The Morgan fingerprint density at radius 3 is 3.17 bits per heavy atom. The van der Waals surface area contributed by atoms with Crippen molar-refractivity contribution in [1.82, 2.24) is 19.6 Å². The molecule has 96 valence electrons. The third-order valence-electron chi connectivity index (χ3n) is 3.55. The van der Waals surface area contributed by atoms with Gasteiger partial charge in [-0.05, 0) is 26.2 Å². The highest BCUT2D eigenvalue weighted by Gasteiger charge is 2.24. The molecule has 2 aromatic rings. The predicted molar refractivity (Wildman–Crippen MR) is 69.6 cm³/mol. The van der Waals surface area contributed by atoms with Gasteiger partial charge >= 0.3 is 0 Å². The van der Waals surface area contributed by atoms with Crippen LogP contribution in [0.4, 0.5) is 5.82 Å². The summed E-state index contributed by atoms with van der Waals surface area (Å²) in [6, 6.07) is 2.46. The average molecular weight is 246 g/mol. The number of anilines is 1. The molecule has 1 fully saturated rings. The largest absolute Gasteiger partial charge is 0.352 e. The SMILES string of the molecule is Cc1cc(N2CCCCC2CN)n2ncnc2n1. The highest BCUT2D eigenvalue weighted by atomic mass is 15.4. The van der Waals surface area contributed by atoms with E-state index >= 15 is 0 Å². The van der Waals surface area contributed by atoms with E-state index in [1.54, 1.807) is 10.8 Å². The van der Waals surface area contributed by atoms with Gasteiger partial charge < -0.3 is 10.6 Å². The van der Waals surface area contributed by atoms with E-state index in [1.165, 1.54) is 12.8 Å². The predicted octanol–water partition coefficient (Wildman–Crippen LogP) is 0.750. The molecule has 1 aliphatic heterocycles. The summed E-state index contributed by atoms with van der Waals surface area (Å²) in [6.45, 7) is 3.69. The molecule has 1 atom stereocenters. The Labute approximate surface area is 106 Å². The third-order valence-corrected chi connectivity index (χ3v) is 3.55. The number of aromatic nitrogens is 4. The molecule has 18 heavy (non-hydrogen) atoms. The van der Waals surface area contributed by atoms with E-state index in [0.717, 1.165) is 24.5 Å². The first-order valence-electron chi connectivity index (χ1n) is 6.43. The van der Waals surface area contributed by atoms with Gasteiger partial charge in [-0.3, -0.25) is 0 Å². The van der Waals surface area contributed by atoms with Crippen molar-refractivity contribution < 1.29 is 0 Å². The molecule has 6 heteroatoms. The molecule has 2 N–H and O–H groups in total. The summed E-state index contributed by atoms with van der Waals surface area (Å²) in [5.74, 6) is 1.72. The molecule has 0 aromatic carbocycles. The maximum atomic E-state index is 5.89. The van der Waals surface area contributed by atoms with Gasteiger partial charge in [0.25, 0.3) is 5.78 Å². The van der Waals surface area contributed by atoms with Crippen LogP contribution in [0, 0.1) is 6.92 Å². The lowest BCUT2D eigenvalue weighted by atomic mass is 10.0. The van der Waals surface area contributed by atoms with Crippen LogP contribution < -0.4 is 10.6 Å². The van der Waals surface area contributed by atoms with Crippen LogP contribution >= 0.6 is 0 Å². The van der Waals surface area contributed by atoms with Gasteiger partial charge in [-0.2, -0.15) is 14.6 Å². The van der Waals surface area contributed by atoms with Crippen LogP contribution in [0.5, 0.6) is 0 Å². The summed E-state index contributed by atoms with van der Waals surface area (Å²) in [4.78, 5) is 10.9. The van der Waals surface area contributed by atoms with Crippen molar-refractivity contribution in [2.75, 3.05) is 18.0 Å². The Morgan fingerprint density at radius 2 is 2.33 bits per heavy atom. The minimum atomic E-state index is 0.396. The van der Waals surface area contributed by atoms with Crippen LogP contribution in [0.2, 0.25) is 0 Å². The molecule has 0 aliphatic carbocycles. The maximum absolute atomic E-state index is 5.89. The van der Waals surface area contributed by atoms with E-state index in [-0.39, 0.29) is 0 Å². The standard InChI is InChI=1S/C12H18N6/c1-9-6-11(18-12(16-9)14-8-15-18)17-5-3-2-4-10(17)7-13/h6,8,10H,2-5,7,13H2,1H3. The highest BCUT2D eigenvalue weighted by molar-refractivity contribution is 5.48. The minimum Gasteiger partial charge on any atom is -0.352 e. The number of fused-ring (bicyclic) bond motifs is 1. The second kappa shape index (κ2) is 4.53. The van der Waals surface area contributed by atoms with Crippen LogP contribution in [0.1, 0.15) is 25.0 Å². The quantitative estimate of drug-likeness (QED) is 0.846. The van der Waals surface area contributed by atoms with Crippen molar-refractivity contribution in [2.24, 2.45) is 5.73 Å². The van der Waals surface area contributed by atoms with Crippen molar-refractivity contribution in [1.29, 1.82) is 0 Å². The van der Waals surface area contributed by atoms with Crippen molar-refractivity contribution in [3.8, 4) is 0 Å². The summed E-state index contributed by atoms with van der Waals surface area (Å²) >= 11 is 0. The topological polar surface area (TPSA) is 72.3 Å². The molecule has 2 aromatic heterocycles. The summed E-state index contributed by atoms with van der Waals surface area (Å²) in [7, 11) is 0. The molecule has 6 nitrogen and oxygen atoms in total. The molecule has 0 bridgehead atoms. The summed E-state index contributed by atoms with van der Waals surface area (Å²) in [5.41, 5.74) is 6.85. The Kier molecular flexibility index (Phi) is 2.87. The number of nitrogens with two attached hydrogens (primary N) is 1. The van der Waals surface area contributed by atoms with Crippen LogP contribution in [0.15, 0.2) is 12.4 Å². The van der Waals surface area contributed by atoms with E-state index in [4.69, 9.17) is 5.73 Å². The minimum absolute atomic E-state index is 0.396. The zero-order valence-corrected chi connectivity index (χ0v) is 10.6. The Balaban J connectivity index is 2.08. The first-order chi connectivity index (χ1) is 8.79. The third kappa shape index (κ3) is 1.82.